The average Bonchev–Trinajstić information content (AvgIpc) is 3.04. The molecule has 0 atom stereocenters. The number of benzene rings is 2. The lowest BCUT2D eigenvalue weighted by atomic mass is 9.92. The summed E-state index contributed by atoms with van der Waals surface area (Å²) in [5.74, 6) is -0.718. The van der Waals surface area contributed by atoms with Crippen LogP contribution >= 0.6 is 0 Å². The third-order valence-electron chi connectivity index (χ3n) is 4.66. The maximum absolute atomic E-state index is 12.6. The molecule has 3 aromatic rings. The molecular weight excluding hydrogens is 328 g/mol. The standard InChI is InChI=1S/C21H18N2O3/c24-18-8-4-7-17-20(18)21(15-5-2-1-3-6-15)22-23(17)16-11-9-14(10-12-16)13-19(25)26/h1-3,5-6,9-12H,4,7-8,13H2,(H,25,26). The molecule has 5 heteroatoms. The fraction of sp³-hybridized carbons (Fsp3) is 0.190. The summed E-state index contributed by atoms with van der Waals surface area (Å²) in [5.41, 5.74) is 4.89. The van der Waals surface area contributed by atoms with Crippen molar-refractivity contribution < 1.29 is 14.7 Å². The van der Waals surface area contributed by atoms with Gasteiger partial charge >= 0.3 is 5.97 Å². The Balaban J connectivity index is 1.82. The molecule has 1 aliphatic rings. The first-order valence-corrected chi connectivity index (χ1v) is 8.65. The number of carboxylic acid groups (broad SMARTS) is 1. The topological polar surface area (TPSA) is 72.2 Å². The minimum atomic E-state index is -0.855. The molecule has 1 heterocycles. The molecule has 0 aliphatic heterocycles. The number of hydrogen-bond donors (Lipinski definition) is 1. The number of carboxylic acids is 1. The third kappa shape index (κ3) is 2.92. The average molecular weight is 346 g/mol. The summed E-state index contributed by atoms with van der Waals surface area (Å²) in [4.78, 5) is 23.4. The van der Waals surface area contributed by atoms with Crippen LogP contribution in [0.1, 0.15) is 34.5 Å². The van der Waals surface area contributed by atoms with Crippen LogP contribution in [0, 0.1) is 0 Å². The van der Waals surface area contributed by atoms with Gasteiger partial charge in [-0.3, -0.25) is 9.59 Å². The summed E-state index contributed by atoms with van der Waals surface area (Å²) in [6.45, 7) is 0. The van der Waals surface area contributed by atoms with Crippen molar-refractivity contribution in [1.29, 1.82) is 0 Å². The molecule has 5 nitrogen and oxygen atoms in total. The van der Waals surface area contributed by atoms with E-state index in [0.29, 0.717) is 6.42 Å². The number of rotatable bonds is 4. The number of carbonyl (C=O) groups is 2. The van der Waals surface area contributed by atoms with Crippen LogP contribution in [0.15, 0.2) is 54.6 Å². The summed E-state index contributed by atoms with van der Waals surface area (Å²) < 4.78 is 1.83. The molecule has 0 saturated carbocycles. The first-order valence-electron chi connectivity index (χ1n) is 8.65. The summed E-state index contributed by atoms with van der Waals surface area (Å²) in [7, 11) is 0. The van der Waals surface area contributed by atoms with Crippen LogP contribution in [0.4, 0.5) is 0 Å². The number of fused-ring (bicyclic) bond motifs is 1. The van der Waals surface area contributed by atoms with Gasteiger partial charge in [0.1, 0.15) is 5.69 Å². The Morgan fingerprint density at radius 2 is 1.77 bits per heavy atom. The highest BCUT2D eigenvalue weighted by atomic mass is 16.4. The van der Waals surface area contributed by atoms with Crippen LogP contribution in [0.25, 0.3) is 16.9 Å². The summed E-state index contributed by atoms with van der Waals surface area (Å²) in [5, 5.41) is 13.7. The second kappa shape index (κ2) is 6.59. The van der Waals surface area contributed by atoms with Crippen molar-refractivity contribution in [3.8, 4) is 16.9 Å². The van der Waals surface area contributed by atoms with E-state index in [-0.39, 0.29) is 12.2 Å². The Bertz CT molecular complexity index is 972. The second-order valence-electron chi connectivity index (χ2n) is 6.46. The van der Waals surface area contributed by atoms with Crippen LogP contribution in [-0.2, 0) is 17.6 Å². The van der Waals surface area contributed by atoms with Crippen molar-refractivity contribution in [2.45, 2.75) is 25.7 Å². The fourth-order valence-electron chi connectivity index (χ4n) is 3.46. The van der Waals surface area contributed by atoms with Gasteiger partial charge in [0.2, 0.25) is 0 Å². The lowest BCUT2D eigenvalue weighted by molar-refractivity contribution is -0.136. The molecule has 0 unspecified atom stereocenters. The maximum atomic E-state index is 12.6. The second-order valence-corrected chi connectivity index (χ2v) is 6.46. The zero-order chi connectivity index (χ0) is 18.1. The SMILES string of the molecule is O=C(O)Cc1ccc(-n2nc(-c3ccccc3)c3c2CCCC3=O)cc1. The van der Waals surface area contributed by atoms with E-state index < -0.39 is 5.97 Å². The smallest absolute Gasteiger partial charge is 0.307 e. The van der Waals surface area contributed by atoms with Crippen LogP contribution in [0.2, 0.25) is 0 Å². The van der Waals surface area contributed by atoms with Gasteiger partial charge in [-0.05, 0) is 30.5 Å². The van der Waals surface area contributed by atoms with E-state index in [2.05, 4.69) is 0 Å². The maximum Gasteiger partial charge on any atom is 0.307 e. The first-order chi connectivity index (χ1) is 12.6. The Kier molecular flexibility index (Phi) is 4.13. The predicted octanol–water partition coefficient (Wildman–Crippen LogP) is 3.69. The number of Topliss-reactive ketones (excluding diaryl/α,β-unsaturated/α-hetero) is 1. The lowest BCUT2D eigenvalue weighted by Gasteiger charge is -2.13. The molecule has 130 valence electrons. The zero-order valence-electron chi connectivity index (χ0n) is 14.2. The number of aliphatic carboxylic acids is 1. The van der Waals surface area contributed by atoms with Crippen LogP contribution < -0.4 is 0 Å². The van der Waals surface area contributed by atoms with Gasteiger partial charge in [0.25, 0.3) is 0 Å². The molecule has 0 saturated heterocycles. The van der Waals surface area contributed by atoms with E-state index in [1.165, 1.54) is 0 Å². The largest absolute Gasteiger partial charge is 0.481 e. The number of nitrogens with zero attached hydrogens (tertiary/aromatic N) is 2. The normalized spacial score (nSPS) is 13.5. The van der Waals surface area contributed by atoms with Gasteiger partial charge in [0, 0.05) is 12.0 Å². The molecule has 0 amide bonds. The molecule has 0 fully saturated rings. The Morgan fingerprint density at radius 3 is 2.46 bits per heavy atom. The molecule has 2 aromatic carbocycles. The van der Waals surface area contributed by atoms with Gasteiger partial charge in [0.15, 0.2) is 5.78 Å². The first kappa shape index (κ1) is 16.3. The van der Waals surface area contributed by atoms with Crippen molar-refractivity contribution in [2.75, 3.05) is 0 Å². The molecular formula is C21H18N2O3. The van der Waals surface area contributed by atoms with Crippen LogP contribution in [0.3, 0.4) is 0 Å². The number of hydrogen-bond acceptors (Lipinski definition) is 3. The van der Waals surface area contributed by atoms with Crippen molar-refractivity contribution in [1.82, 2.24) is 9.78 Å². The van der Waals surface area contributed by atoms with E-state index in [0.717, 1.165) is 46.6 Å². The number of carbonyl (C=O) groups excluding carboxylic acids is 1. The van der Waals surface area contributed by atoms with Crippen molar-refractivity contribution in [2.24, 2.45) is 0 Å². The highest BCUT2D eigenvalue weighted by molar-refractivity contribution is 6.03. The Hall–Kier alpha value is -3.21. The number of aromatic nitrogens is 2. The minimum Gasteiger partial charge on any atom is -0.481 e. The summed E-state index contributed by atoms with van der Waals surface area (Å²) in [6.07, 6.45) is 2.17. The summed E-state index contributed by atoms with van der Waals surface area (Å²) >= 11 is 0. The minimum absolute atomic E-state index is 0.00868. The molecule has 1 aliphatic carbocycles. The van der Waals surface area contributed by atoms with Gasteiger partial charge in [-0.2, -0.15) is 5.10 Å². The van der Waals surface area contributed by atoms with E-state index >= 15 is 0 Å². The molecule has 4 rings (SSSR count). The molecule has 0 bridgehead atoms. The Morgan fingerprint density at radius 1 is 1.04 bits per heavy atom. The molecule has 26 heavy (non-hydrogen) atoms. The van der Waals surface area contributed by atoms with Crippen molar-refractivity contribution in [3.05, 3.63) is 71.4 Å². The molecule has 1 aromatic heterocycles. The van der Waals surface area contributed by atoms with Crippen LogP contribution in [0.5, 0.6) is 0 Å². The van der Waals surface area contributed by atoms with Gasteiger partial charge < -0.3 is 5.11 Å². The Labute approximate surface area is 150 Å². The van der Waals surface area contributed by atoms with E-state index in [1.807, 2.05) is 47.1 Å². The van der Waals surface area contributed by atoms with Crippen molar-refractivity contribution in [3.63, 3.8) is 0 Å². The lowest BCUT2D eigenvalue weighted by Crippen LogP contribution is -2.13. The quantitative estimate of drug-likeness (QED) is 0.782. The zero-order valence-corrected chi connectivity index (χ0v) is 14.2. The predicted molar refractivity (Wildman–Crippen MR) is 97.6 cm³/mol. The van der Waals surface area contributed by atoms with Gasteiger partial charge in [-0.1, -0.05) is 42.5 Å². The van der Waals surface area contributed by atoms with Crippen LogP contribution in [-0.4, -0.2) is 26.6 Å². The van der Waals surface area contributed by atoms with Gasteiger partial charge in [0.05, 0.1) is 23.4 Å². The highest BCUT2D eigenvalue weighted by Crippen LogP contribution is 2.32. The monoisotopic (exact) mass is 346 g/mol. The van der Waals surface area contributed by atoms with E-state index in [4.69, 9.17) is 10.2 Å². The molecule has 1 N–H and O–H groups in total. The number of ketones is 1. The summed E-state index contributed by atoms with van der Waals surface area (Å²) in [6, 6.07) is 17.1. The van der Waals surface area contributed by atoms with Gasteiger partial charge in [-0.25, -0.2) is 4.68 Å². The van der Waals surface area contributed by atoms with E-state index in [9.17, 15) is 9.59 Å². The van der Waals surface area contributed by atoms with E-state index in [1.54, 1.807) is 12.1 Å². The fourth-order valence-corrected chi connectivity index (χ4v) is 3.46. The highest BCUT2D eigenvalue weighted by Gasteiger charge is 2.28. The van der Waals surface area contributed by atoms with Gasteiger partial charge in [-0.15, -0.1) is 0 Å². The molecule has 0 spiro atoms. The third-order valence-corrected chi connectivity index (χ3v) is 4.66. The van der Waals surface area contributed by atoms with Crippen molar-refractivity contribution >= 4 is 11.8 Å². The molecule has 0 radical (unpaired) electrons.